The number of aromatic nitrogens is 1. The molecule has 0 aliphatic carbocycles. The number of nitrogen functional groups attached to an aromatic ring is 1. The number of primary amides is 1. The van der Waals surface area contributed by atoms with Crippen LogP contribution in [0.3, 0.4) is 0 Å². The number of amides is 1. The molecule has 1 aromatic heterocycles. The summed E-state index contributed by atoms with van der Waals surface area (Å²) in [6.45, 7) is 1.88. The minimum absolute atomic E-state index is 0.246. The fourth-order valence-corrected chi connectivity index (χ4v) is 1.47. The van der Waals surface area contributed by atoms with Crippen LogP contribution in [0.5, 0.6) is 11.5 Å². The summed E-state index contributed by atoms with van der Waals surface area (Å²) in [5.74, 6) is 0.313. The molecule has 0 radical (unpaired) electrons. The predicted molar refractivity (Wildman–Crippen MR) is 68.4 cm³/mol. The summed E-state index contributed by atoms with van der Waals surface area (Å²) in [4.78, 5) is 15.4. The molecule has 0 atom stereocenters. The van der Waals surface area contributed by atoms with Gasteiger partial charge in [-0.1, -0.05) is 0 Å². The Hall–Kier alpha value is -2.56. The maximum atomic E-state index is 11.3. The Balaban J connectivity index is 2.34. The molecule has 2 aromatic rings. The minimum atomic E-state index is -0.586. The number of carbonyl (C=O) groups is 1. The zero-order valence-electron chi connectivity index (χ0n) is 9.88. The van der Waals surface area contributed by atoms with Gasteiger partial charge in [0.2, 0.25) is 0 Å². The lowest BCUT2D eigenvalue weighted by atomic mass is 10.1. The van der Waals surface area contributed by atoms with Crippen LogP contribution in [0.1, 0.15) is 16.1 Å². The van der Waals surface area contributed by atoms with E-state index in [4.69, 9.17) is 16.2 Å². The predicted octanol–water partition coefficient (Wildman–Crippen LogP) is 1.86. The third-order valence-corrected chi connectivity index (χ3v) is 2.38. The highest BCUT2D eigenvalue weighted by atomic mass is 16.5. The molecule has 4 N–H and O–H groups in total. The Bertz CT molecular complexity index is 579. The van der Waals surface area contributed by atoms with Gasteiger partial charge in [-0.05, 0) is 37.3 Å². The molecule has 0 saturated heterocycles. The number of rotatable bonds is 3. The number of hydrogen-bond donors (Lipinski definition) is 2. The topological polar surface area (TPSA) is 91.2 Å². The van der Waals surface area contributed by atoms with Crippen LogP contribution in [0.15, 0.2) is 36.5 Å². The van der Waals surface area contributed by atoms with Gasteiger partial charge in [-0.3, -0.25) is 9.78 Å². The maximum absolute atomic E-state index is 11.3. The first kappa shape index (κ1) is 11.9. The SMILES string of the molecule is Cc1ccc(Oc2ccc(N)cc2C(N)=O)cn1. The lowest BCUT2D eigenvalue weighted by Gasteiger charge is -2.09. The number of hydrogen-bond acceptors (Lipinski definition) is 4. The highest BCUT2D eigenvalue weighted by Crippen LogP contribution is 2.26. The van der Waals surface area contributed by atoms with E-state index in [0.29, 0.717) is 17.2 Å². The molecule has 2 rings (SSSR count). The highest BCUT2D eigenvalue weighted by molar-refractivity contribution is 5.96. The number of nitrogens with zero attached hydrogens (tertiary/aromatic N) is 1. The molecule has 0 unspecified atom stereocenters. The maximum Gasteiger partial charge on any atom is 0.252 e. The van der Waals surface area contributed by atoms with Crippen molar-refractivity contribution in [2.24, 2.45) is 5.73 Å². The molecule has 92 valence electrons. The zero-order valence-corrected chi connectivity index (χ0v) is 9.88. The standard InChI is InChI=1S/C13H13N3O2/c1-8-2-4-10(7-16-8)18-12-5-3-9(14)6-11(12)13(15)17/h2-7H,14H2,1H3,(H2,15,17). The fraction of sp³-hybridized carbons (Fsp3) is 0.0769. The summed E-state index contributed by atoms with van der Waals surface area (Å²) < 4.78 is 5.56. The van der Waals surface area contributed by atoms with Crippen molar-refractivity contribution in [1.29, 1.82) is 0 Å². The summed E-state index contributed by atoms with van der Waals surface area (Å²) >= 11 is 0. The van der Waals surface area contributed by atoms with E-state index in [1.54, 1.807) is 24.4 Å². The second kappa shape index (κ2) is 4.75. The molecule has 1 aromatic carbocycles. The normalized spacial score (nSPS) is 10.1. The summed E-state index contributed by atoms with van der Waals surface area (Å²) in [6, 6.07) is 8.32. The van der Waals surface area contributed by atoms with Crippen LogP contribution in [0.2, 0.25) is 0 Å². The first-order valence-corrected chi connectivity index (χ1v) is 5.36. The average molecular weight is 243 g/mol. The van der Waals surface area contributed by atoms with E-state index in [-0.39, 0.29) is 5.56 Å². The number of benzene rings is 1. The van der Waals surface area contributed by atoms with Crippen molar-refractivity contribution in [3.63, 3.8) is 0 Å². The number of aryl methyl sites for hydroxylation is 1. The lowest BCUT2D eigenvalue weighted by Crippen LogP contribution is -2.12. The summed E-state index contributed by atoms with van der Waals surface area (Å²) in [6.07, 6.45) is 1.58. The van der Waals surface area contributed by atoms with E-state index in [1.807, 2.05) is 13.0 Å². The van der Waals surface area contributed by atoms with Crippen molar-refractivity contribution in [2.45, 2.75) is 6.92 Å². The molecule has 5 heteroatoms. The molecular formula is C13H13N3O2. The molecule has 18 heavy (non-hydrogen) atoms. The van der Waals surface area contributed by atoms with Gasteiger partial charge in [0.05, 0.1) is 11.8 Å². The molecule has 0 fully saturated rings. The van der Waals surface area contributed by atoms with Crippen LogP contribution >= 0.6 is 0 Å². The third kappa shape index (κ3) is 2.57. The summed E-state index contributed by atoms with van der Waals surface area (Å²) in [7, 11) is 0. The van der Waals surface area contributed by atoms with Crippen molar-refractivity contribution in [1.82, 2.24) is 4.98 Å². The minimum Gasteiger partial charge on any atom is -0.455 e. The van der Waals surface area contributed by atoms with Gasteiger partial charge in [0, 0.05) is 11.4 Å². The first-order chi connectivity index (χ1) is 8.56. The number of pyridine rings is 1. The van der Waals surface area contributed by atoms with E-state index in [1.165, 1.54) is 6.07 Å². The van der Waals surface area contributed by atoms with Gasteiger partial charge in [-0.25, -0.2) is 0 Å². The highest BCUT2D eigenvalue weighted by Gasteiger charge is 2.10. The molecule has 0 aliphatic rings. The van der Waals surface area contributed by atoms with Crippen LogP contribution in [0, 0.1) is 6.92 Å². The Morgan fingerprint density at radius 1 is 1.28 bits per heavy atom. The molecule has 0 spiro atoms. The number of ether oxygens (including phenoxy) is 1. The van der Waals surface area contributed by atoms with Gasteiger partial charge in [0.25, 0.3) is 5.91 Å². The second-order valence-electron chi connectivity index (χ2n) is 3.86. The van der Waals surface area contributed by atoms with Crippen molar-refractivity contribution in [3.05, 3.63) is 47.8 Å². The van der Waals surface area contributed by atoms with E-state index < -0.39 is 5.91 Å². The van der Waals surface area contributed by atoms with E-state index in [9.17, 15) is 4.79 Å². The Kier molecular flexibility index (Phi) is 3.14. The first-order valence-electron chi connectivity index (χ1n) is 5.36. The zero-order chi connectivity index (χ0) is 13.1. The van der Waals surface area contributed by atoms with Crippen molar-refractivity contribution in [3.8, 4) is 11.5 Å². The van der Waals surface area contributed by atoms with Gasteiger partial charge in [0.1, 0.15) is 11.5 Å². The van der Waals surface area contributed by atoms with Crippen molar-refractivity contribution in [2.75, 3.05) is 5.73 Å². The van der Waals surface area contributed by atoms with Crippen molar-refractivity contribution >= 4 is 11.6 Å². The largest absolute Gasteiger partial charge is 0.455 e. The number of nitrogens with two attached hydrogens (primary N) is 2. The molecule has 1 heterocycles. The van der Waals surface area contributed by atoms with Crippen LogP contribution < -0.4 is 16.2 Å². The van der Waals surface area contributed by atoms with E-state index in [2.05, 4.69) is 4.98 Å². The molecule has 1 amide bonds. The Morgan fingerprint density at radius 3 is 2.67 bits per heavy atom. The average Bonchev–Trinajstić information content (AvgIpc) is 2.34. The van der Waals surface area contributed by atoms with E-state index in [0.717, 1.165) is 5.69 Å². The van der Waals surface area contributed by atoms with Gasteiger partial charge in [0.15, 0.2) is 0 Å². The smallest absolute Gasteiger partial charge is 0.252 e. The summed E-state index contributed by atoms with van der Waals surface area (Å²) in [5, 5.41) is 0. The molecule has 0 bridgehead atoms. The van der Waals surface area contributed by atoms with Crippen LogP contribution in [0.4, 0.5) is 5.69 Å². The van der Waals surface area contributed by atoms with E-state index >= 15 is 0 Å². The molecule has 0 aliphatic heterocycles. The molecule has 5 nitrogen and oxygen atoms in total. The van der Waals surface area contributed by atoms with Crippen LogP contribution in [-0.4, -0.2) is 10.9 Å². The Labute approximate surface area is 104 Å². The molecule has 0 saturated carbocycles. The summed E-state index contributed by atoms with van der Waals surface area (Å²) in [5.41, 5.74) is 12.5. The van der Waals surface area contributed by atoms with Gasteiger partial charge >= 0.3 is 0 Å². The number of carbonyl (C=O) groups excluding carboxylic acids is 1. The van der Waals surface area contributed by atoms with Crippen molar-refractivity contribution < 1.29 is 9.53 Å². The number of anilines is 1. The lowest BCUT2D eigenvalue weighted by molar-refractivity contribution is 0.0998. The van der Waals surface area contributed by atoms with Crippen LogP contribution in [-0.2, 0) is 0 Å². The van der Waals surface area contributed by atoms with Crippen LogP contribution in [0.25, 0.3) is 0 Å². The Morgan fingerprint density at radius 2 is 2.06 bits per heavy atom. The van der Waals surface area contributed by atoms with Gasteiger partial charge in [-0.15, -0.1) is 0 Å². The fourth-order valence-electron chi connectivity index (χ4n) is 1.47. The third-order valence-electron chi connectivity index (χ3n) is 2.38. The monoisotopic (exact) mass is 243 g/mol. The second-order valence-corrected chi connectivity index (χ2v) is 3.86. The van der Waals surface area contributed by atoms with Gasteiger partial charge in [-0.2, -0.15) is 0 Å². The quantitative estimate of drug-likeness (QED) is 0.805. The molecular weight excluding hydrogens is 230 g/mol. The van der Waals surface area contributed by atoms with Gasteiger partial charge < -0.3 is 16.2 Å².